The molecule has 4 heteroatoms. The van der Waals surface area contributed by atoms with E-state index in [0.29, 0.717) is 18.8 Å². The Kier molecular flexibility index (Phi) is 2.83. The Morgan fingerprint density at radius 2 is 2.00 bits per heavy atom. The Morgan fingerprint density at radius 1 is 1.22 bits per heavy atom. The number of para-hydroxylation sites is 1. The zero-order valence-corrected chi connectivity index (χ0v) is 9.97. The van der Waals surface area contributed by atoms with E-state index in [9.17, 15) is 5.26 Å². The van der Waals surface area contributed by atoms with Crippen LogP contribution in [0.25, 0.3) is 10.9 Å². The van der Waals surface area contributed by atoms with Crippen molar-refractivity contribution in [2.45, 2.75) is 0 Å². The number of hydrogen-bond donors (Lipinski definition) is 0. The van der Waals surface area contributed by atoms with Crippen LogP contribution in [0, 0.1) is 11.3 Å². The molecule has 1 saturated heterocycles. The minimum atomic E-state index is 0.635. The summed E-state index contributed by atoms with van der Waals surface area (Å²) >= 11 is 0. The highest BCUT2D eigenvalue weighted by atomic mass is 16.5. The number of nitriles is 1. The lowest BCUT2D eigenvalue weighted by Crippen LogP contribution is -2.37. The number of aromatic nitrogens is 1. The molecule has 2 aromatic rings. The molecule has 1 aromatic heterocycles. The number of ether oxygens (including phenoxy) is 1. The standard InChI is InChI=1S/C14H13N3O/c15-10-12-9-11-3-1-2-4-13(11)16-14(12)17-5-7-18-8-6-17/h1-4,9H,5-8H2. The minimum Gasteiger partial charge on any atom is -0.378 e. The summed E-state index contributed by atoms with van der Waals surface area (Å²) in [5, 5.41) is 10.3. The highest BCUT2D eigenvalue weighted by Crippen LogP contribution is 2.23. The van der Waals surface area contributed by atoms with Crippen molar-refractivity contribution in [3.63, 3.8) is 0 Å². The number of rotatable bonds is 1. The van der Waals surface area contributed by atoms with Crippen molar-refractivity contribution in [1.29, 1.82) is 5.26 Å². The normalized spacial score (nSPS) is 15.6. The summed E-state index contributed by atoms with van der Waals surface area (Å²) in [5.41, 5.74) is 1.56. The van der Waals surface area contributed by atoms with Gasteiger partial charge in [0.2, 0.25) is 0 Å². The van der Waals surface area contributed by atoms with Crippen LogP contribution in [-0.2, 0) is 4.74 Å². The first kappa shape index (κ1) is 11.0. The average molecular weight is 239 g/mol. The fourth-order valence-electron chi connectivity index (χ4n) is 2.20. The van der Waals surface area contributed by atoms with E-state index in [1.54, 1.807) is 0 Å². The zero-order chi connectivity index (χ0) is 12.4. The third-order valence-corrected chi connectivity index (χ3v) is 3.13. The number of pyridine rings is 1. The molecule has 0 bridgehead atoms. The molecule has 1 fully saturated rings. The summed E-state index contributed by atoms with van der Waals surface area (Å²) in [6.45, 7) is 2.97. The van der Waals surface area contributed by atoms with Gasteiger partial charge in [-0.25, -0.2) is 4.98 Å². The van der Waals surface area contributed by atoms with Crippen molar-refractivity contribution in [3.8, 4) is 6.07 Å². The zero-order valence-electron chi connectivity index (χ0n) is 9.97. The van der Waals surface area contributed by atoms with E-state index in [4.69, 9.17) is 4.74 Å². The van der Waals surface area contributed by atoms with Gasteiger partial charge in [-0.3, -0.25) is 0 Å². The van der Waals surface area contributed by atoms with E-state index < -0.39 is 0 Å². The molecule has 0 saturated carbocycles. The van der Waals surface area contributed by atoms with Gasteiger partial charge in [0, 0.05) is 18.5 Å². The van der Waals surface area contributed by atoms with Crippen LogP contribution in [0.5, 0.6) is 0 Å². The van der Waals surface area contributed by atoms with Crippen molar-refractivity contribution < 1.29 is 4.74 Å². The van der Waals surface area contributed by atoms with Gasteiger partial charge >= 0.3 is 0 Å². The van der Waals surface area contributed by atoms with Crippen molar-refractivity contribution in [1.82, 2.24) is 4.98 Å². The van der Waals surface area contributed by atoms with Crippen LogP contribution in [0.15, 0.2) is 30.3 Å². The molecule has 18 heavy (non-hydrogen) atoms. The molecule has 0 aliphatic carbocycles. The quantitative estimate of drug-likeness (QED) is 0.763. The second kappa shape index (κ2) is 4.63. The predicted octanol–water partition coefficient (Wildman–Crippen LogP) is 1.94. The lowest BCUT2D eigenvalue weighted by molar-refractivity contribution is 0.122. The fourth-order valence-corrected chi connectivity index (χ4v) is 2.20. The molecule has 1 aliphatic heterocycles. The van der Waals surface area contributed by atoms with Gasteiger partial charge in [0.1, 0.15) is 11.9 Å². The van der Waals surface area contributed by atoms with E-state index >= 15 is 0 Å². The van der Waals surface area contributed by atoms with Crippen molar-refractivity contribution in [3.05, 3.63) is 35.9 Å². The third-order valence-electron chi connectivity index (χ3n) is 3.13. The molecule has 3 rings (SSSR count). The number of morpholine rings is 1. The number of anilines is 1. The predicted molar refractivity (Wildman–Crippen MR) is 69.5 cm³/mol. The summed E-state index contributed by atoms with van der Waals surface area (Å²) in [7, 11) is 0. The van der Waals surface area contributed by atoms with Crippen molar-refractivity contribution in [2.24, 2.45) is 0 Å². The summed E-state index contributed by atoms with van der Waals surface area (Å²) in [6, 6.07) is 12.0. The maximum Gasteiger partial charge on any atom is 0.147 e. The molecule has 1 aliphatic rings. The second-order valence-electron chi connectivity index (χ2n) is 4.26. The van der Waals surface area contributed by atoms with Crippen LogP contribution < -0.4 is 4.90 Å². The molecule has 0 unspecified atom stereocenters. The lowest BCUT2D eigenvalue weighted by Gasteiger charge is -2.28. The fraction of sp³-hybridized carbons (Fsp3) is 0.286. The third kappa shape index (κ3) is 1.89. The second-order valence-corrected chi connectivity index (χ2v) is 4.26. The molecule has 2 heterocycles. The number of hydrogen-bond acceptors (Lipinski definition) is 4. The van der Waals surface area contributed by atoms with E-state index in [2.05, 4.69) is 16.0 Å². The van der Waals surface area contributed by atoms with Gasteiger partial charge in [0.15, 0.2) is 0 Å². The van der Waals surface area contributed by atoms with E-state index in [0.717, 1.165) is 29.8 Å². The highest BCUT2D eigenvalue weighted by Gasteiger charge is 2.16. The van der Waals surface area contributed by atoms with Crippen molar-refractivity contribution in [2.75, 3.05) is 31.2 Å². The molecule has 0 spiro atoms. The molecule has 0 atom stereocenters. The smallest absolute Gasteiger partial charge is 0.147 e. The monoisotopic (exact) mass is 239 g/mol. The van der Waals surface area contributed by atoms with Gasteiger partial charge < -0.3 is 9.64 Å². The summed E-state index contributed by atoms with van der Waals surface area (Å²) in [5.74, 6) is 0.777. The number of benzene rings is 1. The van der Waals surface area contributed by atoms with Crippen LogP contribution in [0.3, 0.4) is 0 Å². The largest absolute Gasteiger partial charge is 0.378 e. The lowest BCUT2D eigenvalue weighted by atomic mass is 10.1. The van der Waals surface area contributed by atoms with Gasteiger partial charge in [-0.2, -0.15) is 5.26 Å². The van der Waals surface area contributed by atoms with E-state index in [-0.39, 0.29) is 0 Å². The Morgan fingerprint density at radius 3 is 2.78 bits per heavy atom. The highest BCUT2D eigenvalue weighted by molar-refractivity contribution is 5.83. The van der Waals surface area contributed by atoms with Gasteiger partial charge in [-0.15, -0.1) is 0 Å². The first-order chi connectivity index (χ1) is 8.88. The molecule has 90 valence electrons. The topological polar surface area (TPSA) is 49.2 Å². The van der Waals surface area contributed by atoms with Gasteiger partial charge in [0.25, 0.3) is 0 Å². The van der Waals surface area contributed by atoms with Crippen LogP contribution in [0.1, 0.15) is 5.56 Å². The van der Waals surface area contributed by atoms with Crippen LogP contribution in [-0.4, -0.2) is 31.3 Å². The van der Waals surface area contributed by atoms with Crippen LogP contribution in [0.4, 0.5) is 5.82 Å². The van der Waals surface area contributed by atoms with Crippen molar-refractivity contribution >= 4 is 16.7 Å². The molecule has 0 N–H and O–H groups in total. The Bertz CT molecular complexity index is 612. The van der Waals surface area contributed by atoms with Gasteiger partial charge in [-0.1, -0.05) is 18.2 Å². The maximum atomic E-state index is 9.26. The number of nitrogens with zero attached hydrogens (tertiary/aromatic N) is 3. The Balaban J connectivity index is 2.11. The first-order valence-electron chi connectivity index (χ1n) is 6.01. The Hall–Kier alpha value is -2.12. The minimum absolute atomic E-state index is 0.635. The van der Waals surface area contributed by atoms with E-state index in [1.165, 1.54) is 0 Å². The van der Waals surface area contributed by atoms with Gasteiger partial charge in [-0.05, 0) is 12.1 Å². The SMILES string of the molecule is N#Cc1cc2ccccc2nc1N1CCOCC1. The van der Waals surface area contributed by atoms with Gasteiger partial charge in [0.05, 0.1) is 24.3 Å². The van der Waals surface area contributed by atoms with E-state index in [1.807, 2.05) is 30.3 Å². The van der Waals surface area contributed by atoms with Crippen LogP contribution >= 0.6 is 0 Å². The Labute approximate surface area is 105 Å². The van der Waals surface area contributed by atoms with Crippen LogP contribution in [0.2, 0.25) is 0 Å². The summed E-state index contributed by atoms with van der Waals surface area (Å²) in [4.78, 5) is 6.74. The molecule has 1 aromatic carbocycles. The molecule has 0 radical (unpaired) electrons. The maximum absolute atomic E-state index is 9.26. The molecule has 0 amide bonds. The first-order valence-corrected chi connectivity index (χ1v) is 6.01. The molecular weight excluding hydrogens is 226 g/mol. The molecule has 4 nitrogen and oxygen atoms in total. The average Bonchev–Trinajstić information content (AvgIpc) is 2.46. The molecular formula is C14H13N3O. The summed E-state index contributed by atoms with van der Waals surface area (Å²) in [6.07, 6.45) is 0. The number of fused-ring (bicyclic) bond motifs is 1. The summed E-state index contributed by atoms with van der Waals surface area (Å²) < 4.78 is 5.33.